The Morgan fingerprint density at radius 3 is 2.38 bits per heavy atom. The maximum Gasteiger partial charge on any atom is 0.255 e. The monoisotopic (exact) mass is 550 g/mol. The Labute approximate surface area is 222 Å². The Bertz CT molecular complexity index is 1630. The van der Waals surface area contributed by atoms with E-state index in [0.29, 0.717) is 22.6 Å². The van der Waals surface area contributed by atoms with Gasteiger partial charge in [0.15, 0.2) is 9.84 Å². The van der Waals surface area contributed by atoms with Crippen LogP contribution in [-0.4, -0.2) is 47.3 Å². The second-order valence-corrected chi connectivity index (χ2v) is 10.4. The number of benzene rings is 2. The van der Waals surface area contributed by atoms with Crippen LogP contribution in [0.1, 0.15) is 20.7 Å². The summed E-state index contributed by atoms with van der Waals surface area (Å²) in [7, 11) is -3.32. The van der Waals surface area contributed by atoms with Crippen LogP contribution in [0.5, 0.6) is 0 Å². The standard InChI is InChI=1S/C25H23FN8O4S/c1-39(37,38)14-30-19-4-2-3-5-20(19)32-23-17(22(27)35)13-29-25(34-23)33-21-12-16(6-7-18(21)26)31-24(36)15-8-10-28-11-9-15/h2-13,30H,14H2,1H3,(H2,27,35)(H,31,36)(H2,29,32,33,34). The van der Waals surface area contributed by atoms with Crippen molar-refractivity contribution >= 4 is 56.2 Å². The fourth-order valence-electron chi connectivity index (χ4n) is 3.33. The van der Waals surface area contributed by atoms with Crippen LogP contribution < -0.4 is 27.0 Å². The van der Waals surface area contributed by atoms with E-state index in [9.17, 15) is 22.4 Å². The largest absolute Gasteiger partial charge is 0.370 e. The maximum absolute atomic E-state index is 14.6. The molecule has 0 aliphatic carbocycles. The first-order chi connectivity index (χ1) is 18.6. The number of halogens is 1. The SMILES string of the molecule is CS(=O)(=O)CNc1ccccc1Nc1nc(Nc2cc(NC(=O)c3ccncc3)ccc2F)ncc1C(N)=O. The third kappa shape index (κ3) is 7.23. The van der Waals surface area contributed by atoms with Crippen molar-refractivity contribution in [3.63, 3.8) is 0 Å². The smallest absolute Gasteiger partial charge is 0.255 e. The minimum atomic E-state index is -3.32. The Morgan fingerprint density at radius 2 is 1.69 bits per heavy atom. The summed E-state index contributed by atoms with van der Waals surface area (Å²) in [6.45, 7) is 0. The molecule has 6 N–H and O–H groups in total. The highest BCUT2D eigenvalue weighted by atomic mass is 32.2. The highest BCUT2D eigenvalue weighted by molar-refractivity contribution is 7.90. The molecule has 0 atom stereocenters. The highest BCUT2D eigenvalue weighted by Gasteiger charge is 2.16. The van der Waals surface area contributed by atoms with Crippen molar-refractivity contribution in [3.8, 4) is 0 Å². The molecule has 4 aromatic rings. The summed E-state index contributed by atoms with van der Waals surface area (Å²) in [5.74, 6) is -2.29. The molecule has 0 aliphatic rings. The average molecular weight is 551 g/mol. The highest BCUT2D eigenvalue weighted by Crippen LogP contribution is 2.28. The van der Waals surface area contributed by atoms with Gasteiger partial charge in [0.1, 0.15) is 23.1 Å². The average Bonchev–Trinajstić information content (AvgIpc) is 2.90. The number of sulfone groups is 1. The van der Waals surface area contributed by atoms with E-state index in [1.807, 2.05) is 0 Å². The van der Waals surface area contributed by atoms with Gasteiger partial charge in [-0.05, 0) is 42.5 Å². The number of hydrogen-bond donors (Lipinski definition) is 5. The van der Waals surface area contributed by atoms with Crippen molar-refractivity contribution in [1.29, 1.82) is 0 Å². The predicted molar refractivity (Wildman–Crippen MR) is 145 cm³/mol. The van der Waals surface area contributed by atoms with Crippen LogP contribution in [0.15, 0.2) is 73.2 Å². The number of para-hydroxylation sites is 2. The minimum absolute atomic E-state index is 0.00356. The normalized spacial score (nSPS) is 10.9. The number of nitrogens with one attached hydrogen (secondary N) is 4. The van der Waals surface area contributed by atoms with Crippen molar-refractivity contribution in [2.24, 2.45) is 5.73 Å². The minimum Gasteiger partial charge on any atom is -0.370 e. The number of carbonyl (C=O) groups is 2. The second kappa shape index (κ2) is 11.5. The maximum atomic E-state index is 14.6. The lowest BCUT2D eigenvalue weighted by Crippen LogP contribution is -2.17. The van der Waals surface area contributed by atoms with Crippen LogP contribution in [0.25, 0.3) is 0 Å². The summed E-state index contributed by atoms with van der Waals surface area (Å²) in [6.07, 6.45) is 5.21. The van der Waals surface area contributed by atoms with Gasteiger partial charge in [-0.15, -0.1) is 0 Å². The van der Waals surface area contributed by atoms with E-state index in [2.05, 4.69) is 36.2 Å². The lowest BCUT2D eigenvalue weighted by molar-refractivity contribution is 0.0997. The van der Waals surface area contributed by atoms with Crippen molar-refractivity contribution in [1.82, 2.24) is 15.0 Å². The van der Waals surface area contributed by atoms with E-state index in [4.69, 9.17) is 5.73 Å². The van der Waals surface area contributed by atoms with Gasteiger partial charge in [-0.3, -0.25) is 14.6 Å². The molecule has 0 saturated carbocycles. The molecule has 2 heterocycles. The molecule has 0 radical (unpaired) electrons. The molecule has 0 aliphatic heterocycles. The Hall–Kier alpha value is -5.11. The zero-order valence-electron chi connectivity index (χ0n) is 20.5. The van der Waals surface area contributed by atoms with E-state index < -0.39 is 27.5 Å². The van der Waals surface area contributed by atoms with E-state index in [0.717, 1.165) is 12.3 Å². The quantitative estimate of drug-likeness (QED) is 0.197. The number of rotatable bonds is 10. The number of carbonyl (C=O) groups excluding carboxylic acids is 2. The van der Waals surface area contributed by atoms with Gasteiger partial charge >= 0.3 is 0 Å². The van der Waals surface area contributed by atoms with Gasteiger partial charge in [0.05, 0.1) is 17.1 Å². The summed E-state index contributed by atoms with van der Waals surface area (Å²) in [5, 5.41) is 11.2. The summed E-state index contributed by atoms with van der Waals surface area (Å²) in [6, 6.07) is 13.6. The molecule has 2 amide bonds. The fourth-order valence-corrected chi connectivity index (χ4v) is 3.74. The number of nitrogens with two attached hydrogens (primary N) is 1. The molecule has 0 unspecified atom stereocenters. The molecule has 0 saturated heterocycles. The lowest BCUT2D eigenvalue weighted by Gasteiger charge is -2.15. The van der Waals surface area contributed by atoms with E-state index in [-0.39, 0.29) is 28.9 Å². The van der Waals surface area contributed by atoms with Gasteiger partial charge in [-0.2, -0.15) is 4.98 Å². The van der Waals surface area contributed by atoms with Gasteiger partial charge in [-0.25, -0.2) is 17.8 Å². The first-order valence-electron chi connectivity index (χ1n) is 11.3. The van der Waals surface area contributed by atoms with Crippen LogP contribution in [0, 0.1) is 5.82 Å². The third-order valence-corrected chi connectivity index (χ3v) is 5.84. The lowest BCUT2D eigenvalue weighted by atomic mass is 10.2. The van der Waals surface area contributed by atoms with Crippen LogP contribution in [0.4, 0.5) is 38.9 Å². The van der Waals surface area contributed by atoms with Crippen molar-refractivity contribution in [3.05, 3.63) is 90.1 Å². The molecule has 14 heteroatoms. The Morgan fingerprint density at radius 1 is 0.974 bits per heavy atom. The first-order valence-corrected chi connectivity index (χ1v) is 13.4. The second-order valence-electron chi connectivity index (χ2n) is 8.25. The molecule has 12 nitrogen and oxygen atoms in total. The van der Waals surface area contributed by atoms with Gasteiger partial charge in [0.2, 0.25) is 5.95 Å². The number of hydrogen-bond acceptors (Lipinski definition) is 10. The third-order valence-electron chi connectivity index (χ3n) is 5.17. The van der Waals surface area contributed by atoms with E-state index in [1.54, 1.807) is 24.3 Å². The van der Waals surface area contributed by atoms with Crippen molar-refractivity contribution < 1.29 is 22.4 Å². The molecule has 0 bridgehead atoms. The number of amides is 2. The number of pyridine rings is 1. The van der Waals surface area contributed by atoms with Crippen LogP contribution >= 0.6 is 0 Å². The van der Waals surface area contributed by atoms with Gasteiger partial charge in [0.25, 0.3) is 11.8 Å². The van der Waals surface area contributed by atoms with E-state index in [1.165, 1.54) is 42.9 Å². The molecule has 2 aromatic heterocycles. The molecule has 0 fully saturated rings. The van der Waals surface area contributed by atoms with Crippen LogP contribution in [0.2, 0.25) is 0 Å². The summed E-state index contributed by atoms with van der Waals surface area (Å²) >= 11 is 0. The van der Waals surface area contributed by atoms with Gasteiger partial charge in [-0.1, -0.05) is 12.1 Å². The predicted octanol–water partition coefficient (Wildman–Crippen LogP) is 3.26. The molecule has 39 heavy (non-hydrogen) atoms. The zero-order chi connectivity index (χ0) is 28.0. The number of anilines is 6. The fraction of sp³-hybridized carbons (Fsp3) is 0.0800. The van der Waals surface area contributed by atoms with Gasteiger partial charge < -0.3 is 27.0 Å². The summed E-state index contributed by atoms with van der Waals surface area (Å²) in [5.41, 5.74) is 6.89. The van der Waals surface area contributed by atoms with Crippen LogP contribution in [0.3, 0.4) is 0 Å². The van der Waals surface area contributed by atoms with Gasteiger partial charge in [0, 0.05) is 36.1 Å². The molecule has 2 aromatic carbocycles. The Balaban J connectivity index is 1.59. The number of primary amides is 1. The molecule has 200 valence electrons. The topological polar surface area (TPSA) is 181 Å². The first kappa shape index (κ1) is 26.9. The molecule has 0 spiro atoms. The van der Waals surface area contributed by atoms with Crippen molar-refractivity contribution in [2.45, 2.75) is 0 Å². The molecular formula is C25H23FN8O4S. The zero-order valence-corrected chi connectivity index (χ0v) is 21.3. The number of nitrogens with zero attached hydrogens (tertiary/aromatic N) is 3. The summed E-state index contributed by atoms with van der Waals surface area (Å²) in [4.78, 5) is 36.7. The summed E-state index contributed by atoms with van der Waals surface area (Å²) < 4.78 is 37.8. The van der Waals surface area contributed by atoms with Crippen LogP contribution in [-0.2, 0) is 9.84 Å². The van der Waals surface area contributed by atoms with E-state index >= 15 is 0 Å². The molecule has 4 rings (SSSR count). The number of aromatic nitrogens is 3. The van der Waals surface area contributed by atoms with Crippen molar-refractivity contribution in [2.75, 3.05) is 33.4 Å². The Kier molecular flexibility index (Phi) is 7.96. The molecular weight excluding hydrogens is 527 g/mol.